The van der Waals surface area contributed by atoms with E-state index in [1.165, 1.54) is 5.56 Å². The summed E-state index contributed by atoms with van der Waals surface area (Å²) >= 11 is 12.0. The monoisotopic (exact) mass is 385 g/mol. The van der Waals surface area contributed by atoms with Gasteiger partial charge in [-0.3, -0.25) is 4.79 Å². The van der Waals surface area contributed by atoms with Crippen molar-refractivity contribution >= 4 is 46.3 Å². The van der Waals surface area contributed by atoms with Crippen molar-refractivity contribution in [1.82, 2.24) is 4.98 Å². The number of nitrogens with zero attached hydrogens (tertiary/aromatic N) is 1. The SMILES string of the molecule is Cc1ccc(CC(=O)Nc2ccc(Nc3ccc(Cl)cc3Cl)nc2)cc1. The molecule has 6 heteroatoms. The van der Waals surface area contributed by atoms with Gasteiger partial charge in [-0.1, -0.05) is 53.0 Å². The Kier molecular flexibility index (Phi) is 5.76. The van der Waals surface area contributed by atoms with Gasteiger partial charge < -0.3 is 10.6 Å². The quantitative estimate of drug-likeness (QED) is 0.598. The largest absolute Gasteiger partial charge is 0.339 e. The average Bonchev–Trinajstić information content (AvgIpc) is 2.61. The predicted molar refractivity (Wildman–Crippen MR) is 107 cm³/mol. The highest BCUT2D eigenvalue weighted by molar-refractivity contribution is 6.36. The number of aryl methyl sites for hydroxylation is 1. The van der Waals surface area contributed by atoms with E-state index in [9.17, 15) is 4.79 Å². The molecular formula is C20H17Cl2N3O. The molecule has 2 aromatic carbocycles. The average molecular weight is 386 g/mol. The lowest BCUT2D eigenvalue weighted by molar-refractivity contribution is -0.115. The molecule has 0 radical (unpaired) electrons. The van der Waals surface area contributed by atoms with Crippen LogP contribution in [0.5, 0.6) is 0 Å². The standard InChI is InChI=1S/C20H17Cl2N3O/c1-13-2-4-14(5-3-13)10-20(26)24-16-7-9-19(23-12-16)25-18-8-6-15(21)11-17(18)22/h2-9,11-12H,10H2,1H3,(H,23,25)(H,24,26). The van der Waals surface area contributed by atoms with Gasteiger partial charge in [-0.05, 0) is 42.8 Å². The summed E-state index contributed by atoms with van der Waals surface area (Å²) in [5.74, 6) is 0.530. The molecule has 2 N–H and O–H groups in total. The number of benzene rings is 2. The zero-order valence-electron chi connectivity index (χ0n) is 14.1. The molecule has 0 aliphatic heterocycles. The van der Waals surface area contributed by atoms with Crippen molar-refractivity contribution in [2.75, 3.05) is 10.6 Å². The fourth-order valence-electron chi connectivity index (χ4n) is 2.37. The zero-order valence-corrected chi connectivity index (χ0v) is 15.6. The molecule has 3 rings (SSSR count). The Hall–Kier alpha value is -2.56. The highest BCUT2D eigenvalue weighted by Crippen LogP contribution is 2.27. The molecule has 3 aromatic rings. The van der Waals surface area contributed by atoms with Gasteiger partial charge in [0.1, 0.15) is 5.82 Å². The number of carbonyl (C=O) groups excluding carboxylic acids is 1. The molecular weight excluding hydrogens is 369 g/mol. The molecule has 1 amide bonds. The number of hydrogen-bond acceptors (Lipinski definition) is 3. The number of aromatic nitrogens is 1. The number of hydrogen-bond donors (Lipinski definition) is 2. The first-order valence-electron chi connectivity index (χ1n) is 8.03. The number of anilines is 3. The zero-order chi connectivity index (χ0) is 18.5. The molecule has 0 saturated heterocycles. The van der Waals surface area contributed by atoms with Gasteiger partial charge in [0.25, 0.3) is 0 Å². The maximum Gasteiger partial charge on any atom is 0.228 e. The molecule has 1 heterocycles. The molecule has 0 aliphatic rings. The van der Waals surface area contributed by atoms with Gasteiger partial charge in [0.05, 0.1) is 29.0 Å². The van der Waals surface area contributed by atoms with Crippen LogP contribution in [0.3, 0.4) is 0 Å². The fraction of sp³-hybridized carbons (Fsp3) is 0.100. The topological polar surface area (TPSA) is 54.0 Å². The van der Waals surface area contributed by atoms with Gasteiger partial charge in [0, 0.05) is 5.02 Å². The van der Waals surface area contributed by atoms with Crippen molar-refractivity contribution in [2.45, 2.75) is 13.3 Å². The maximum atomic E-state index is 12.1. The van der Waals surface area contributed by atoms with E-state index >= 15 is 0 Å². The van der Waals surface area contributed by atoms with E-state index in [0.717, 1.165) is 5.56 Å². The molecule has 0 atom stereocenters. The second kappa shape index (κ2) is 8.21. The Bertz CT molecular complexity index is 909. The number of halogens is 2. The smallest absolute Gasteiger partial charge is 0.228 e. The Labute approximate surface area is 162 Å². The molecule has 0 aliphatic carbocycles. The van der Waals surface area contributed by atoms with Crippen LogP contribution in [0.15, 0.2) is 60.8 Å². The molecule has 1 aromatic heterocycles. The van der Waals surface area contributed by atoms with Gasteiger partial charge in [-0.2, -0.15) is 0 Å². The van der Waals surface area contributed by atoms with Gasteiger partial charge in [0.2, 0.25) is 5.91 Å². The number of pyridine rings is 1. The van der Waals surface area contributed by atoms with Crippen LogP contribution in [0.25, 0.3) is 0 Å². The van der Waals surface area contributed by atoms with Crippen LogP contribution in [-0.4, -0.2) is 10.9 Å². The number of carbonyl (C=O) groups is 1. The Morgan fingerprint density at radius 1 is 1.04 bits per heavy atom. The lowest BCUT2D eigenvalue weighted by Gasteiger charge is -2.09. The van der Waals surface area contributed by atoms with Crippen molar-refractivity contribution in [1.29, 1.82) is 0 Å². The predicted octanol–water partition coefficient (Wildman–Crippen LogP) is 5.62. The van der Waals surface area contributed by atoms with Crippen molar-refractivity contribution in [2.24, 2.45) is 0 Å². The van der Waals surface area contributed by atoms with Crippen molar-refractivity contribution < 1.29 is 4.79 Å². The van der Waals surface area contributed by atoms with Crippen molar-refractivity contribution in [3.05, 3.63) is 82.0 Å². The summed E-state index contributed by atoms with van der Waals surface area (Å²) in [7, 11) is 0. The number of rotatable bonds is 5. The van der Waals surface area contributed by atoms with Gasteiger partial charge in [-0.15, -0.1) is 0 Å². The first kappa shape index (κ1) is 18.2. The molecule has 26 heavy (non-hydrogen) atoms. The lowest BCUT2D eigenvalue weighted by atomic mass is 10.1. The maximum absolute atomic E-state index is 12.1. The Balaban J connectivity index is 1.60. The van der Waals surface area contributed by atoms with Crippen molar-refractivity contribution in [3.8, 4) is 0 Å². The molecule has 132 valence electrons. The van der Waals surface area contributed by atoms with Gasteiger partial charge in [0.15, 0.2) is 0 Å². The Morgan fingerprint density at radius 2 is 1.81 bits per heavy atom. The first-order valence-corrected chi connectivity index (χ1v) is 8.79. The molecule has 0 bridgehead atoms. The summed E-state index contributed by atoms with van der Waals surface area (Å²) in [4.78, 5) is 16.4. The number of amides is 1. The third-order valence-electron chi connectivity index (χ3n) is 3.73. The summed E-state index contributed by atoms with van der Waals surface area (Å²) in [5, 5.41) is 7.03. The summed E-state index contributed by atoms with van der Waals surface area (Å²) in [6.07, 6.45) is 1.92. The molecule has 0 saturated carbocycles. The van der Waals surface area contributed by atoms with E-state index in [4.69, 9.17) is 23.2 Å². The minimum absolute atomic E-state index is 0.0860. The normalized spacial score (nSPS) is 10.4. The summed E-state index contributed by atoms with van der Waals surface area (Å²) in [5.41, 5.74) is 3.48. The minimum atomic E-state index is -0.0860. The summed E-state index contributed by atoms with van der Waals surface area (Å²) in [6.45, 7) is 2.02. The van der Waals surface area contributed by atoms with E-state index in [1.54, 1.807) is 36.5 Å². The molecule has 0 fully saturated rings. The number of nitrogens with one attached hydrogen (secondary N) is 2. The van der Waals surface area contributed by atoms with Crippen LogP contribution in [0.1, 0.15) is 11.1 Å². The third kappa shape index (κ3) is 4.97. The highest BCUT2D eigenvalue weighted by atomic mass is 35.5. The van der Waals surface area contributed by atoms with Crippen LogP contribution in [0, 0.1) is 6.92 Å². The van der Waals surface area contributed by atoms with E-state index < -0.39 is 0 Å². The Morgan fingerprint density at radius 3 is 2.46 bits per heavy atom. The van der Waals surface area contributed by atoms with Gasteiger partial charge >= 0.3 is 0 Å². The summed E-state index contributed by atoms with van der Waals surface area (Å²) in [6, 6.07) is 16.6. The minimum Gasteiger partial charge on any atom is -0.339 e. The van der Waals surface area contributed by atoms with Crippen LogP contribution in [-0.2, 0) is 11.2 Å². The second-order valence-electron chi connectivity index (χ2n) is 5.89. The molecule has 4 nitrogen and oxygen atoms in total. The molecule has 0 spiro atoms. The van der Waals surface area contributed by atoms with Crippen LogP contribution >= 0.6 is 23.2 Å². The first-order chi connectivity index (χ1) is 12.5. The lowest BCUT2D eigenvalue weighted by Crippen LogP contribution is -2.14. The van der Waals surface area contributed by atoms with Gasteiger partial charge in [-0.25, -0.2) is 4.98 Å². The van der Waals surface area contributed by atoms with E-state index in [0.29, 0.717) is 33.7 Å². The van der Waals surface area contributed by atoms with Crippen molar-refractivity contribution in [3.63, 3.8) is 0 Å². The fourth-order valence-corrected chi connectivity index (χ4v) is 2.82. The third-order valence-corrected chi connectivity index (χ3v) is 4.27. The highest BCUT2D eigenvalue weighted by Gasteiger charge is 2.06. The molecule has 0 unspecified atom stereocenters. The van der Waals surface area contributed by atoms with E-state index in [1.807, 2.05) is 31.2 Å². The van der Waals surface area contributed by atoms with Crippen LogP contribution in [0.4, 0.5) is 17.2 Å². The summed E-state index contributed by atoms with van der Waals surface area (Å²) < 4.78 is 0. The van der Waals surface area contributed by atoms with E-state index in [-0.39, 0.29) is 5.91 Å². The van der Waals surface area contributed by atoms with Crippen LogP contribution < -0.4 is 10.6 Å². The second-order valence-corrected chi connectivity index (χ2v) is 6.74. The van der Waals surface area contributed by atoms with Crippen LogP contribution in [0.2, 0.25) is 10.0 Å². The van der Waals surface area contributed by atoms with E-state index in [2.05, 4.69) is 15.6 Å².